The van der Waals surface area contributed by atoms with Crippen molar-refractivity contribution in [3.63, 3.8) is 0 Å². The van der Waals surface area contributed by atoms with Crippen LogP contribution in [0.15, 0.2) is 59.9 Å². The predicted molar refractivity (Wildman–Crippen MR) is 65.7 cm³/mol. The van der Waals surface area contributed by atoms with Crippen molar-refractivity contribution in [2.45, 2.75) is 12.1 Å². The van der Waals surface area contributed by atoms with Crippen LogP contribution in [0.3, 0.4) is 0 Å². The van der Waals surface area contributed by atoms with E-state index in [0.717, 1.165) is 11.1 Å². The van der Waals surface area contributed by atoms with Crippen LogP contribution in [0.5, 0.6) is 0 Å². The van der Waals surface area contributed by atoms with Crippen molar-refractivity contribution in [3.05, 3.63) is 66.0 Å². The summed E-state index contributed by atoms with van der Waals surface area (Å²) in [5, 5.41) is 0. The topological polar surface area (TPSA) is 34.5 Å². The van der Waals surface area contributed by atoms with E-state index in [-0.39, 0.29) is 12.1 Å². The van der Waals surface area contributed by atoms with Gasteiger partial charge in [0.1, 0.15) is 6.04 Å². The number of nitrogens with zero attached hydrogens (tertiary/aromatic N) is 2. The van der Waals surface area contributed by atoms with E-state index in [9.17, 15) is 0 Å². The Hall–Kier alpha value is -2.16. The third kappa shape index (κ3) is 1.91. The molecule has 0 radical (unpaired) electrons. The lowest BCUT2D eigenvalue weighted by Gasteiger charge is -2.17. The van der Waals surface area contributed by atoms with E-state index >= 15 is 0 Å². The molecule has 3 heteroatoms. The zero-order valence-corrected chi connectivity index (χ0v) is 9.23. The smallest absolute Gasteiger partial charge is 0.171 e. The molecule has 3 nitrogen and oxygen atoms in total. The van der Waals surface area contributed by atoms with Crippen molar-refractivity contribution in [2.24, 2.45) is 4.99 Å². The summed E-state index contributed by atoms with van der Waals surface area (Å²) < 4.78 is 5.59. The second-order valence-electron chi connectivity index (χ2n) is 3.95. The number of hydrogen-bond acceptors (Lipinski definition) is 3. The molecule has 17 heavy (non-hydrogen) atoms. The second kappa shape index (κ2) is 4.37. The summed E-state index contributed by atoms with van der Waals surface area (Å²) in [6.07, 6.45) is 5.10. The Kier molecular flexibility index (Phi) is 2.58. The molecule has 3 rings (SSSR count). The van der Waals surface area contributed by atoms with Gasteiger partial charge >= 0.3 is 0 Å². The molecule has 0 amide bonds. The van der Waals surface area contributed by atoms with Crippen molar-refractivity contribution >= 4 is 6.40 Å². The van der Waals surface area contributed by atoms with Gasteiger partial charge in [-0.2, -0.15) is 0 Å². The maximum absolute atomic E-state index is 5.59. The molecule has 1 aromatic carbocycles. The Morgan fingerprint density at radius 1 is 0.941 bits per heavy atom. The van der Waals surface area contributed by atoms with Gasteiger partial charge in [-0.15, -0.1) is 0 Å². The number of hydrogen-bond donors (Lipinski definition) is 0. The van der Waals surface area contributed by atoms with E-state index in [4.69, 9.17) is 4.74 Å². The SMILES string of the molecule is C1=NC(c2cccnc2)C(c2ccccc2)O1. The van der Waals surface area contributed by atoms with Crippen LogP contribution in [-0.2, 0) is 4.74 Å². The lowest BCUT2D eigenvalue weighted by molar-refractivity contribution is 0.204. The summed E-state index contributed by atoms with van der Waals surface area (Å²) in [4.78, 5) is 8.50. The number of ether oxygens (including phenoxy) is 1. The van der Waals surface area contributed by atoms with Gasteiger partial charge < -0.3 is 4.74 Å². The summed E-state index contributed by atoms with van der Waals surface area (Å²) in [6.45, 7) is 0. The molecule has 0 saturated carbocycles. The molecule has 84 valence electrons. The zero-order valence-electron chi connectivity index (χ0n) is 9.23. The van der Waals surface area contributed by atoms with E-state index in [2.05, 4.69) is 22.1 Å². The first-order valence-electron chi connectivity index (χ1n) is 5.57. The van der Waals surface area contributed by atoms with E-state index < -0.39 is 0 Å². The molecule has 0 spiro atoms. The number of aliphatic imine (C=N–C) groups is 1. The van der Waals surface area contributed by atoms with E-state index in [0.29, 0.717) is 0 Å². The Labute approximate surface area is 99.8 Å². The largest absolute Gasteiger partial charge is 0.473 e. The Morgan fingerprint density at radius 2 is 1.76 bits per heavy atom. The molecule has 1 aliphatic heterocycles. The highest BCUT2D eigenvalue weighted by molar-refractivity contribution is 5.52. The monoisotopic (exact) mass is 224 g/mol. The van der Waals surface area contributed by atoms with Gasteiger partial charge in [-0.25, -0.2) is 4.99 Å². The van der Waals surface area contributed by atoms with Gasteiger partial charge in [0, 0.05) is 12.4 Å². The minimum absolute atomic E-state index is 0.00565. The third-order valence-electron chi connectivity index (χ3n) is 2.87. The molecule has 0 fully saturated rings. The van der Waals surface area contributed by atoms with Crippen LogP contribution in [0, 0.1) is 0 Å². The van der Waals surface area contributed by atoms with E-state index in [1.165, 1.54) is 6.40 Å². The highest BCUT2D eigenvalue weighted by Crippen LogP contribution is 2.37. The molecular weight excluding hydrogens is 212 g/mol. The summed E-state index contributed by atoms with van der Waals surface area (Å²) in [6, 6.07) is 14.1. The molecule has 0 N–H and O–H groups in total. The molecule has 1 aliphatic rings. The molecular formula is C14H12N2O. The van der Waals surface area contributed by atoms with Gasteiger partial charge in [0.05, 0.1) is 0 Å². The van der Waals surface area contributed by atoms with Crippen molar-refractivity contribution in [3.8, 4) is 0 Å². The Balaban J connectivity index is 1.93. The fraction of sp³-hybridized carbons (Fsp3) is 0.143. The minimum Gasteiger partial charge on any atom is -0.473 e. The van der Waals surface area contributed by atoms with Crippen LogP contribution in [-0.4, -0.2) is 11.4 Å². The van der Waals surface area contributed by atoms with Crippen LogP contribution in [0.25, 0.3) is 0 Å². The zero-order chi connectivity index (χ0) is 11.5. The van der Waals surface area contributed by atoms with Crippen LogP contribution >= 0.6 is 0 Å². The molecule has 0 bridgehead atoms. The second-order valence-corrected chi connectivity index (χ2v) is 3.95. The quantitative estimate of drug-likeness (QED) is 0.786. The number of benzene rings is 1. The third-order valence-corrected chi connectivity index (χ3v) is 2.87. The highest BCUT2D eigenvalue weighted by atomic mass is 16.5. The van der Waals surface area contributed by atoms with Gasteiger partial charge in [-0.1, -0.05) is 36.4 Å². The first-order chi connectivity index (χ1) is 8.45. The van der Waals surface area contributed by atoms with Crippen molar-refractivity contribution in [1.29, 1.82) is 0 Å². The predicted octanol–water partition coefficient (Wildman–Crippen LogP) is 2.92. The molecule has 0 saturated heterocycles. The number of pyridine rings is 1. The summed E-state index contributed by atoms with van der Waals surface area (Å²) in [5.74, 6) is 0. The average molecular weight is 224 g/mol. The lowest BCUT2D eigenvalue weighted by atomic mass is 9.98. The Morgan fingerprint density at radius 3 is 2.53 bits per heavy atom. The van der Waals surface area contributed by atoms with Gasteiger partial charge in [0.25, 0.3) is 0 Å². The average Bonchev–Trinajstić information content (AvgIpc) is 2.90. The van der Waals surface area contributed by atoms with Crippen LogP contribution in [0.4, 0.5) is 0 Å². The maximum Gasteiger partial charge on any atom is 0.171 e. The molecule has 2 heterocycles. The van der Waals surface area contributed by atoms with Crippen LogP contribution in [0.2, 0.25) is 0 Å². The number of rotatable bonds is 2. The minimum atomic E-state index is -0.0413. The molecule has 2 atom stereocenters. The molecule has 1 aromatic heterocycles. The van der Waals surface area contributed by atoms with E-state index in [1.807, 2.05) is 36.5 Å². The maximum atomic E-state index is 5.59. The first-order valence-corrected chi connectivity index (χ1v) is 5.57. The van der Waals surface area contributed by atoms with Gasteiger partial charge in [0.2, 0.25) is 0 Å². The Bertz CT molecular complexity index is 510. The fourth-order valence-corrected chi connectivity index (χ4v) is 2.03. The number of aromatic nitrogens is 1. The van der Waals surface area contributed by atoms with Crippen LogP contribution in [0.1, 0.15) is 23.3 Å². The van der Waals surface area contributed by atoms with Crippen molar-refractivity contribution < 1.29 is 4.74 Å². The van der Waals surface area contributed by atoms with Crippen molar-refractivity contribution in [2.75, 3.05) is 0 Å². The van der Waals surface area contributed by atoms with E-state index in [1.54, 1.807) is 6.20 Å². The highest BCUT2D eigenvalue weighted by Gasteiger charge is 2.29. The standard InChI is InChI=1S/C14H12N2O/c1-2-5-11(6-3-1)14-13(16-10-17-14)12-7-4-8-15-9-12/h1-10,13-14H. The van der Waals surface area contributed by atoms with Gasteiger partial charge in [0.15, 0.2) is 12.5 Å². The summed E-state index contributed by atoms with van der Waals surface area (Å²) in [5.41, 5.74) is 2.22. The summed E-state index contributed by atoms with van der Waals surface area (Å²) >= 11 is 0. The van der Waals surface area contributed by atoms with Crippen LogP contribution < -0.4 is 0 Å². The first kappa shape index (κ1) is 10.0. The normalized spacial score (nSPS) is 22.4. The summed E-state index contributed by atoms with van der Waals surface area (Å²) in [7, 11) is 0. The van der Waals surface area contributed by atoms with Gasteiger partial charge in [-0.05, 0) is 17.2 Å². The molecule has 2 unspecified atom stereocenters. The fourth-order valence-electron chi connectivity index (χ4n) is 2.03. The lowest BCUT2D eigenvalue weighted by Crippen LogP contribution is -2.06. The van der Waals surface area contributed by atoms with Gasteiger partial charge in [-0.3, -0.25) is 4.98 Å². The van der Waals surface area contributed by atoms with Crippen molar-refractivity contribution in [1.82, 2.24) is 4.98 Å². The molecule has 0 aliphatic carbocycles. The molecule has 2 aromatic rings.